The third kappa shape index (κ3) is 3.19. The Labute approximate surface area is 127 Å². The number of hydrogen-bond donors (Lipinski definition) is 1. The van der Waals surface area contributed by atoms with E-state index in [0.717, 1.165) is 5.69 Å². The molecule has 3 nitrogen and oxygen atoms in total. The number of nitrogens with zero attached hydrogens (tertiary/aromatic N) is 1. The third-order valence-corrected chi connectivity index (χ3v) is 3.96. The molecule has 0 aromatic heterocycles. The van der Waals surface area contributed by atoms with Crippen molar-refractivity contribution in [1.82, 2.24) is 0 Å². The van der Waals surface area contributed by atoms with E-state index in [4.69, 9.17) is 0 Å². The summed E-state index contributed by atoms with van der Waals surface area (Å²) in [7, 11) is 0. The first-order valence-corrected chi connectivity index (χ1v) is 7.74. The lowest BCUT2D eigenvalue weighted by Gasteiger charge is -2.25. The Kier molecular flexibility index (Phi) is 4.85. The highest BCUT2D eigenvalue weighted by molar-refractivity contribution is 7.98. The number of benzene rings is 2. The van der Waals surface area contributed by atoms with Crippen LogP contribution in [0.2, 0.25) is 0 Å². The number of rotatable bonds is 5. The van der Waals surface area contributed by atoms with Crippen LogP contribution in [0.5, 0.6) is 0 Å². The van der Waals surface area contributed by atoms with Gasteiger partial charge in [-0.2, -0.15) is 0 Å². The van der Waals surface area contributed by atoms with E-state index in [9.17, 15) is 14.3 Å². The minimum absolute atomic E-state index is 0.274. The highest BCUT2D eigenvalue weighted by Crippen LogP contribution is 2.33. The van der Waals surface area contributed by atoms with Crippen LogP contribution in [0.4, 0.5) is 15.8 Å². The van der Waals surface area contributed by atoms with Crippen molar-refractivity contribution in [2.45, 2.75) is 11.8 Å². The van der Waals surface area contributed by atoms with Gasteiger partial charge < -0.3 is 10.0 Å². The maximum absolute atomic E-state index is 13.1. The van der Waals surface area contributed by atoms with Crippen LogP contribution in [-0.4, -0.2) is 23.9 Å². The molecule has 2 aromatic carbocycles. The third-order valence-electron chi connectivity index (χ3n) is 3.18. The zero-order chi connectivity index (χ0) is 15.4. The van der Waals surface area contributed by atoms with Gasteiger partial charge >= 0.3 is 5.97 Å². The Hall–Kier alpha value is -2.01. The van der Waals surface area contributed by atoms with E-state index < -0.39 is 5.97 Å². The van der Waals surface area contributed by atoms with Crippen molar-refractivity contribution >= 4 is 29.1 Å². The topological polar surface area (TPSA) is 40.5 Å². The van der Waals surface area contributed by atoms with Crippen LogP contribution < -0.4 is 4.90 Å². The normalized spacial score (nSPS) is 10.4. The fourth-order valence-electron chi connectivity index (χ4n) is 2.24. The number of aromatic carboxylic acids is 1. The first kappa shape index (κ1) is 15.4. The molecule has 21 heavy (non-hydrogen) atoms. The highest BCUT2D eigenvalue weighted by Gasteiger charge is 2.19. The summed E-state index contributed by atoms with van der Waals surface area (Å²) in [6, 6.07) is 11.4. The van der Waals surface area contributed by atoms with Gasteiger partial charge in [0.2, 0.25) is 0 Å². The lowest BCUT2D eigenvalue weighted by molar-refractivity contribution is 0.0694. The summed E-state index contributed by atoms with van der Waals surface area (Å²) in [5.41, 5.74) is 1.65. The molecule has 110 valence electrons. The number of anilines is 2. The van der Waals surface area contributed by atoms with Crippen LogP contribution in [0.3, 0.4) is 0 Å². The molecule has 0 fully saturated rings. The second kappa shape index (κ2) is 6.63. The van der Waals surface area contributed by atoms with Gasteiger partial charge in [-0.3, -0.25) is 0 Å². The molecule has 2 aromatic rings. The molecule has 0 aliphatic rings. The van der Waals surface area contributed by atoms with E-state index in [2.05, 4.69) is 0 Å². The lowest BCUT2D eigenvalue weighted by atomic mass is 10.1. The van der Waals surface area contributed by atoms with Crippen molar-refractivity contribution in [1.29, 1.82) is 0 Å². The van der Waals surface area contributed by atoms with Crippen molar-refractivity contribution in [3.05, 3.63) is 53.8 Å². The summed E-state index contributed by atoms with van der Waals surface area (Å²) in [6.07, 6.45) is 1.85. The van der Waals surface area contributed by atoms with Crippen molar-refractivity contribution in [3.63, 3.8) is 0 Å². The number of carbonyl (C=O) groups is 1. The second-order valence-corrected chi connectivity index (χ2v) is 5.23. The first-order chi connectivity index (χ1) is 10.1. The predicted molar refractivity (Wildman–Crippen MR) is 84.3 cm³/mol. The number of halogens is 1. The van der Waals surface area contributed by atoms with Crippen molar-refractivity contribution < 1.29 is 14.3 Å². The van der Waals surface area contributed by atoms with Crippen LogP contribution in [0.1, 0.15) is 17.3 Å². The fourth-order valence-corrected chi connectivity index (χ4v) is 2.85. The van der Waals surface area contributed by atoms with Gasteiger partial charge in [-0.25, -0.2) is 9.18 Å². The lowest BCUT2D eigenvalue weighted by Crippen LogP contribution is -2.19. The molecule has 0 saturated heterocycles. The van der Waals surface area contributed by atoms with Crippen LogP contribution >= 0.6 is 11.8 Å². The average molecular weight is 305 g/mol. The van der Waals surface area contributed by atoms with Gasteiger partial charge in [0.15, 0.2) is 0 Å². The maximum Gasteiger partial charge on any atom is 0.338 e. The minimum atomic E-state index is -0.962. The highest BCUT2D eigenvalue weighted by atomic mass is 32.2. The zero-order valence-corrected chi connectivity index (χ0v) is 12.7. The largest absolute Gasteiger partial charge is 0.478 e. The Balaban J connectivity index is 2.57. The molecule has 2 rings (SSSR count). The molecular weight excluding hydrogens is 289 g/mol. The zero-order valence-electron chi connectivity index (χ0n) is 11.8. The van der Waals surface area contributed by atoms with Crippen LogP contribution in [0, 0.1) is 5.82 Å². The molecule has 0 unspecified atom stereocenters. The van der Waals surface area contributed by atoms with Crippen LogP contribution in [0.15, 0.2) is 47.4 Å². The average Bonchev–Trinajstić information content (AvgIpc) is 2.49. The van der Waals surface area contributed by atoms with Crippen LogP contribution in [0.25, 0.3) is 0 Å². The molecule has 0 radical (unpaired) electrons. The maximum atomic E-state index is 13.1. The Morgan fingerprint density at radius 1 is 1.24 bits per heavy atom. The smallest absolute Gasteiger partial charge is 0.338 e. The van der Waals surface area contributed by atoms with Crippen molar-refractivity contribution in [2.75, 3.05) is 17.7 Å². The molecule has 5 heteroatoms. The van der Waals surface area contributed by atoms with Gasteiger partial charge in [-0.1, -0.05) is 6.07 Å². The monoisotopic (exact) mass is 305 g/mol. The summed E-state index contributed by atoms with van der Waals surface area (Å²) in [5, 5.41) is 9.51. The number of hydrogen-bond acceptors (Lipinski definition) is 3. The molecular formula is C16H16FNO2S. The van der Waals surface area contributed by atoms with Gasteiger partial charge in [0.1, 0.15) is 5.82 Å². The Morgan fingerprint density at radius 3 is 2.43 bits per heavy atom. The van der Waals surface area contributed by atoms with Gasteiger partial charge in [0.05, 0.1) is 11.3 Å². The van der Waals surface area contributed by atoms with Gasteiger partial charge in [0, 0.05) is 17.1 Å². The van der Waals surface area contributed by atoms with E-state index in [1.807, 2.05) is 24.1 Å². The van der Waals surface area contributed by atoms with E-state index in [1.54, 1.807) is 24.3 Å². The number of carboxylic acid groups (broad SMARTS) is 1. The molecule has 0 amide bonds. The van der Waals surface area contributed by atoms with E-state index in [0.29, 0.717) is 17.1 Å². The molecule has 0 saturated carbocycles. The molecule has 0 spiro atoms. The van der Waals surface area contributed by atoms with Gasteiger partial charge in [0.25, 0.3) is 0 Å². The summed E-state index contributed by atoms with van der Waals surface area (Å²) >= 11 is 1.40. The summed E-state index contributed by atoms with van der Waals surface area (Å²) < 4.78 is 13.1. The molecule has 0 atom stereocenters. The molecule has 1 N–H and O–H groups in total. The number of thioether (sulfide) groups is 1. The fraction of sp³-hybridized carbons (Fsp3) is 0.188. The summed E-state index contributed by atoms with van der Waals surface area (Å²) in [4.78, 5) is 14.2. The SMILES string of the molecule is CCN(c1ccc(F)cc1)c1cccc(SC)c1C(=O)O. The molecule has 0 aliphatic carbocycles. The summed E-state index contributed by atoms with van der Waals surface area (Å²) in [6.45, 7) is 2.52. The van der Waals surface area contributed by atoms with Crippen molar-refractivity contribution in [3.8, 4) is 0 Å². The van der Waals surface area contributed by atoms with E-state index >= 15 is 0 Å². The molecule has 0 aliphatic heterocycles. The van der Waals surface area contributed by atoms with E-state index in [-0.39, 0.29) is 11.4 Å². The number of carboxylic acids is 1. The Morgan fingerprint density at radius 2 is 1.90 bits per heavy atom. The Bertz CT molecular complexity index is 643. The van der Waals surface area contributed by atoms with Gasteiger partial charge in [-0.15, -0.1) is 11.8 Å². The first-order valence-electron chi connectivity index (χ1n) is 6.52. The van der Waals surface area contributed by atoms with Crippen molar-refractivity contribution in [2.24, 2.45) is 0 Å². The van der Waals surface area contributed by atoms with Gasteiger partial charge in [-0.05, 0) is 49.6 Å². The van der Waals surface area contributed by atoms with E-state index in [1.165, 1.54) is 23.9 Å². The second-order valence-electron chi connectivity index (χ2n) is 4.38. The standard InChI is InChI=1S/C16H16FNO2S/c1-3-18(12-9-7-11(17)8-10-12)13-5-4-6-14(21-2)15(13)16(19)20/h4-10H,3H2,1-2H3,(H,19,20). The van der Waals surface area contributed by atoms with Crippen LogP contribution in [-0.2, 0) is 0 Å². The molecule has 0 bridgehead atoms. The quantitative estimate of drug-likeness (QED) is 0.831. The molecule has 0 heterocycles. The minimum Gasteiger partial charge on any atom is -0.478 e. The summed E-state index contributed by atoms with van der Waals surface area (Å²) in [5.74, 6) is -1.28. The predicted octanol–water partition coefficient (Wildman–Crippen LogP) is 4.40.